The summed E-state index contributed by atoms with van der Waals surface area (Å²) >= 11 is 0. The van der Waals surface area contributed by atoms with Crippen molar-refractivity contribution in [3.8, 4) is 33.4 Å². The molecule has 1 heterocycles. The Morgan fingerprint density at radius 1 is 0.288 bits per heavy atom. The normalized spacial score (nSPS) is 11.9. The smallest absolute Gasteiger partial charge is 0.143 e. The van der Waals surface area contributed by atoms with Crippen LogP contribution < -0.4 is 43.7 Å². The lowest BCUT2D eigenvalue weighted by Gasteiger charge is -2.28. The van der Waals surface area contributed by atoms with Crippen LogP contribution in [0.4, 0.5) is 0 Å². The first-order valence-corrected chi connectivity index (χ1v) is 20.9. The average molecular weight is 741 g/mol. The van der Waals surface area contributed by atoms with Crippen LogP contribution in [0, 0.1) is 0 Å². The molecular weight excluding hydrogens is 703 g/mol. The van der Waals surface area contributed by atoms with Gasteiger partial charge >= 0.3 is 0 Å². The van der Waals surface area contributed by atoms with E-state index in [0.717, 1.165) is 27.3 Å². The second kappa shape index (κ2) is 13.2. The second-order valence-electron chi connectivity index (χ2n) is 17.0. The predicted octanol–water partition coefficient (Wildman–Crippen LogP) is 0.420. The van der Waals surface area contributed by atoms with Crippen LogP contribution in [0.25, 0.3) is 109 Å². The van der Waals surface area contributed by atoms with Crippen molar-refractivity contribution in [3.05, 3.63) is 133 Å². The summed E-state index contributed by atoms with van der Waals surface area (Å²) in [4.78, 5) is 0. The van der Waals surface area contributed by atoms with Crippen LogP contribution in [0.1, 0.15) is 0 Å². The SMILES string of the molecule is Bc1c(B)c(B)c2c(-c3ccc4oc5c6ccccc6ccc5c4c3)c3c(B)c(B)c(B)c(B)c3c(-c3ccc(-c4ccc5ccc6ccccc6c5c4)cc3)c2c1B. The molecule has 0 aliphatic heterocycles. The molecule has 11 rings (SSSR count). The minimum absolute atomic E-state index is 0.921. The summed E-state index contributed by atoms with van der Waals surface area (Å²) < 4.78 is 6.65. The highest BCUT2D eigenvalue weighted by molar-refractivity contribution is 6.71. The van der Waals surface area contributed by atoms with Gasteiger partial charge in [0.2, 0.25) is 0 Å². The molecule has 268 valence electrons. The van der Waals surface area contributed by atoms with Gasteiger partial charge in [0.25, 0.3) is 0 Å². The van der Waals surface area contributed by atoms with E-state index in [1.165, 1.54) is 126 Å². The maximum absolute atomic E-state index is 6.65. The van der Waals surface area contributed by atoms with Crippen LogP contribution in [0.2, 0.25) is 0 Å². The van der Waals surface area contributed by atoms with Gasteiger partial charge in [-0.05, 0) is 106 Å². The fraction of sp³-hybridized carbons (Fsp3) is 0. The van der Waals surface area contributed by atoms with Gasteiger partial charge < -0.3 is 4.42 Å². The van der Waals surface area contributed by atoms with E-state index in [0.29, 0.717) is 0 Å². The van der Waals surface area contributed by atoms with Crippen LogP contribution in [-0.2, 0) is 0 Å². The summed E-state index contributed by atoms with van der Waals surface area (Å²) in [6.07, 6.45) is 0. The zero-order valence-electron chi connectivity index (χ0n) is 35.1. The third kappa shape index (κ3) is 5.16. The Labute approximate surface area is 351 Å². The summed E-state index contributed by atoms with van der Waals surface area (Å²) in [6, 6.07) is 49.4. The molecule has 0 amide bonds. The molecule has 0 fully saturated rings. The topological polar surface area (TPSA) is 13.1 Å². The van der Waals surface area contributed by atoms with Crippen molar-refractivity contribution in [1.29, 1.82) is 0 Å². The van der Waals surface area contributed by atoms with Crippen LogP contribution in [0.15, 0.2) is 138 Å². The van der Waals surface area contributed by atoms with E-state index in [1.807, 2.05) is 0 Å². The largest absolute Gasteiger partial charge is 0.455 e. The Hall–Kier alpha value is -6.18. The Kier molecular flexibility index (Phi) is 8.02. The molecule has 1 nitrogen and oxygen atoms in total. The minimum Gasteiger partial charge on any atom is -0.455 e. The van der Waals surface area contributed by atoms with Crippen molar-refractivity contribution >= 4 is 182 Å². The Balaban J connectivity index is 1.21. The summed E-state index contributed by atoms with van der Waals surface area (Å²) in [7, 11) is 18.6. The van der Waals surface area contributed by atoms with Crippen LogP contribution in [-0.4, -0.2) is 62.8 Å². The van der Waals surface area contributed by atoms with Gasteiger partial charge in [0.05, 0.1) is 0 Å². The molecule has 0 bridgehead atoms. The average Bonchev–Trinajstić information content (AvgIpc) is 3.66. The summed E-state index contributed by atoms with van der Waals surface area (Å²) in [6.45, 7) is 0. The molecule has 9 heteroatoms. The molecule has 0 N–H and O–H groups in total. The Bertz CT molecular complexity index is 3560. The first kappa shape index (κ1) is 35.9. The maximum Gasteiger partial charge on any atom is 0.143 e. The van der Waals surface area contributed by atoms with Gasteiger partial charge in [-0.1, -0.05) is 131 Å². The second-order valence-corrected chi connectivity index (χ2v) is 17.0. The summed E-state index contributed by atoms with van der Waals surface area (Å²) in [5, 5.41) is 15.2. The fourth-order valence-corrected chi connectivity index (χ4v) is 10.4. The Morgan fingerprint density at radius 3 is 1.32 bits per heavy atom. The zero-order chi connectivity index (χ0) is 40.4. The van der Waals surface area contributed by atoms with Crippen LogP contribution in [0.3, 0.4) is 0 Å². The van der Waals surface area contributed by atoms with Crippen LogP contribution >= 0.6 is 0 Å². The van der Waals surface area contributed by atoms with Gasteiger partial charge in [0.15, 0.2) is 0 Å². The van der Waals surface area contributed by atoms with Crippen LogP contribution in [0.5, 0.6) is 0 Å². The van der Waals surface area contributed by atoms with E-state index in [1.54, 1.807) is 0 Å². The first-order valence-electron chi connectivity index (χ1n) is 20.9. The van der Waals surface area contributed by atoms with Crippen molar-refractivity contribution in [1.82, 2.24) is 0 Å². The summed E-state index contributed by atoms with van der Waals surface area (Å²) in [5.74, 6) is 0. The predicted molar refractivity (Wildman–Crippen MR) is 283 cm³/mol. The zero-order valence-corrected chi connectivity index (χ0v) is 35.1. The number of hydrogen-bond donors (Lipinski definition) is 0. The molecule has 0 unspecified atom stereocenters. The van der Waals surface area contributed by atoms with Gasteiger partial charge in [0.1, 0.15) is 73.9 Å². The molecule has 59 heavy (non-hydrogen) atoms. The number of hydrogen-bond acceptors (Lipinski definition) is 1. The molecule has 0 atom stereocenters. The van der Waals surface area contributed by atoms with E-state index >= 15 is 0 Å². The lowest BCUT2D eigenvalue weighted by Crippen LogP contribution is -2.50. The highest BCUT2D eigenvalue weighted by Gasteiger charge is 2.25. The standard InChI is InChI=1S/C50H38B8O/c51-42-38-36(27-14-9-23(10-15-27)28-16-13-26-12-11-24-5-1-3-7-30(24)33(26)21-28)39-41(45(54)49(58)47(56)43(39)52)37(40(38)44(53)48(57)46(42)55)29-18-20-35-34(22-29)32-19-17-25-6-2-4-8-31(25)50(32)59-35/h1-22H,51-58H2. The van der Waals surface area contributed by atoms with Gasteiger partial charge in [-0.3, -0.25) is 0 Å². The number of furan rings is 1. The molecule has 0 radical (unpaired) electrons. The molecule has 0 saturated carbocycles. The monoisotopic (exact) mass is 742 g/mol. The van der Waals surface area contributed by atoms with Gasteiger partial charge in [-0.25, -0.2) is 0 Å². The van der Waals surface area contributed by atoms with Gasteiger partial charge in [-0.2, -0.15) is 0 Å². The van der Waals surface area contributed by atoms with Crippen molar-refractivity contribution in [3.63, 3.8) is 0 Å². The number of benzene rings is 10. The van der Waals surface area contributed by atoms with Gasteiger partial charge in [0, 0.05) is 16.2 Å². The van der Waals surface area contributed by atoms with Gasteiger partial charge in [-0.15, -0.1) is 21.9 Å². The van der Waals surface area contributed by atoms with E-state index in [9.17, 15) is 0 Å². The molecule has 0 saturated heterocycles. The Morgan fingerprint density at radius 2 is 0.712 bits per heavy atom. The summed E-state index contributed by atoms with van der Waals surface area (Å²) in [5.41, 5.74) is 20.3. The highest BCUT2D eigenvalue weighted by Crippen LogP contribution is 2.43. The van der Waals surface area contributed by atoms with Crippen molar-refractivity contribution in [2.24, 2.45) is 0 Å². The molecule has 10 aromatic carbocycles. The maximum atomic E-state index is 6.65. The minimum atomic E-state index is 0.921. The third-order valence-corrected chi connectivity index (χ3v) is 14.3. The highest BCUT2D eigenvalue weighted by atomic mass is 16.3. The number of fused-ring (bicyclic) bond motifs is 10. The van der Waals surface area contributed by atoms with Crippen molar-refractivity contribution in [2.45, 2.75) is 0 Å². The fourth-order valence-electron chi connectivity index (χ4n) is 10.4. The van der Waals surface area contributed by atoms with E-state index < -0.39 is 0 Å². The molecule has 11 aromatic rings. The van der Waals surface area contributed by atoms with E-state index in [-0.39, 0.29) is 0 Å². The third-order valence-electron chi connectivity index (χ3n) is 14.3. The molecule has 0 spiro atoms. The number of rotatable bonds is 3. The van der Waals surface area contributed by atoms with E-state index in [4.69, 9.17) is 4.42 Å². The van der Waals surface area contributed by atoms with Crippen molar-refractivity contribution in [2.75, 3.05) is 0 Å². The molecule has 0 aliphatic rings. The molecule has 0 aliphatic carbocycles. The lowest BCUT2D eigenvalue weighted by atomic mass is 9.59. The molecular formula is C50H38B8O. The van der Waals surface area contributed by atoms with E-state index in [2.05, 4.69) is 196 Å². The lowest BCUT2D eigenvalue weighted by molar-refractivity contribution is 0.672. The first-order chi connectivity index (χ1) is 28.6. The van der Waals surface area contributed by atoms with Crippen molar-refractivity contribution < 1.29 is 4.42 Å². The molecule has 1 aromatic heterocycles. The quantitative estimate of drug-likeness (QED) is 0.146.